The van der Waals surface area contributed by atoms with Gasteiger partial charge in [0.05, 0.1) is 11.5 Å². The monoisotopic (exact) mass is 343 g/mol. The van der Waals surface area contributed by atoms with Crippen LogP contribution in [0.2, 0.25) is 10.0 Å². The van der Waals surface area contributed by atoms with E-state index in [1.165, 1.54) is 30.0 Å². The number of sulfonamides is 1. The predicted octanol–water partition coefficient (Wildman–Crippen LogP) is 2.38. The molecule has 0 radical (unpaired) electrons. The Labute approximate surface area is 127 Å². The average Bonchev–Trinajstić information content (AvgIpc) is 2.28. The van der Waals surface area contributed by atoms with Crippen molar-refractivity contribution in [1.29, 1.82) is 0 Å². The normalized spacial score (nSPS) is 15.2. The highest BCUT2D eigenvalue weighted by Crippen LogP contribution is 2.23. The Balaban J connectivity index is 2.98. The van der Waals surface area contributed by atoms with Crippen LogP contribution in [-0.4, -0.2) is 37.7 Å². The molecule has 0 amide bonds. The molecular formula is C11H15Cl2NO3S2. The number of halogens is 2. The lowest BCUT2D eigenvalue weighted by Gasteiger charge is -2.21. The van der Waals surface area contributed by atoms with E-state index < -0.39 is 16.1 Å². The highest BCUT2D eigenvalue weighted by molar-refractivity contribution is 7.99. The van der Waals surface area contributed by atoms with Crippen LogP contribution in [0.4, 0.5) is 0 Å². The van der Waals surface area contributed by atoms with Crippen LogP contribution in [0.1, 0.15) is 6.92 Å². The Kier molecular flexibility index (Phi) is 6.42. The van der Waals surface area contributed by atoms with Gasteiger partial charge in [-0.3, -0.25) is 0 Å². The molecule has 1 aromatic rings. The first-order valence-electron chi connectivity index (χ1n) is 5.42. The molecule has 8 heteroatoms. The summed E-state index contributed by atoms with van der Waals surface area (Å²) in [7, 11) is -3.71. The van der Waals surface area contributed by atoms with E-state index >= 15 is 0 Å². The van der Waals surface area contributed by atoms with Crippen molar-refractivity contribution < 1.29 is 13.5 Å². The Morgan fingerprint density at radius 2 is 1.84 bits per heavy atom. The fourth-order valence-corrected chi connectivity index (χ4v) is 4.23. The zero-order chi connectivity index (χ0) is 14.6. The standard InChI is InChI=1S/C11H15Cl2NO3S2/c1-7(11(6-15)18-2)14-19(16,17)10-4-8(12)3-9(13)5-10/h3-5,7,11,14-15H,6H2,1-2H3. The first-order chi connectivity index (χ1) is 8.80. The van der Waals surface area contributed by atoms with Crippen LogP contribution in [0.3, 0.4) is 0 Å². The molecule has 0 aliphatic carbocycles. The summed E-state index contributed by atoms with van der Waals surface area (Å²) in [6.45, 7) is 1.59. The fraction of sp³-hybridized carbons (Fsp3) is 0.455. The van der Waals surface area contributed by atoms with Crippen LogP contribution in [0.25, 0.3) is 0 Å². The van der Waals surface area contributed by atoms with Gasteiger partial charge < -0.3 is 5.11 Å². The third kappa shape index (κ3) is 4.81. The van der Waals surface area contributed by atoms with Gasteiger partial charge in [0.25, 0.3) is 0 Å². The molecule has 0 saturated heterocycles. The minimum atomic E-state index is -3.71. The second kappa shape index (κ2) is 7.15. The molecule has 0 fully saturated rings. The second-order valence-electron chi connectivity index (χ2n) is 3.97. The molecule has 0 aliphatic rings. The minimum Gasteiger partial charge on any atom is -0.395 e. The molecule has 4 nitrogen and oxygen atoms in total. The summed E-state index contributed by atoms with van der Waals surface area (Å²) in [4.78, 5) is 0.00893. The molecule has 0 aliphatic heterocycles. The van der Waals surface area contributed by atoms with E-state index in [1.54, 1.807) is 6.92 Å². The summed E-state index contributed by atoms with van der Waals surface area (Å²) in [5.41, 5.74) is 0. The van der Waals surface area contributed by atoms with Crippen molar-refractivity contribution in [2.45, 2.75) is 23.1 Å². The SMILES string of the molecule is CSC(CO)C(C)NS(=O)(=O)c1cc(Cl)cc(Cl)c1. The summed E-state index contributed by atoms with van der Waals surface area (Å²) in [5, 5.41) is 9.44. The molecule has 2 unspecified atom stereocenters. The molecule has 0 spiro atoms. The molecular weight excluding hydrogens is 329 g/mol. The van der Waals surface area contributed by atoms with Crippen LogP contribution in [0.5, 0.6) is 0 Å². The van der Waals surface area contributed by atoms with E-state index in [0.29, 0.717) is 0 Å². The summed E-state index contributed by atoms with van der Waals surface area (Å²) in [6, 6.07) is 3.71. The molecule has 2 N–H and O–H groups in total. The zero-order valence-corrected chi connectivity index (χ0v) is 13.6. The number of aliphatic hydroxyl groups is 1. The van der Waals surface area contributed by atoms with Crippen LogP contribution in [0, 0.1) is 0 Å². The second-order valence-corrected chi connectivity index (χ2v) is 7.64. The summed E-state index contributed by atoms with van der Waals surface area (Å²) in [6.07, 6.45) is 1.81. The Bertz CT molecular complexity index is 512. The molecule has 0 saturated carbocycles. The number of hydrogen-bond donors (Lipinski definition) is 2. The predicted molar refractivity (Wildman–Crippen MR) is 80.6 cm³/mol. The smallest absolute Gasteiger partial charge is 0.240 e. The van der Waals surface area contributed by atoms with Gasteiger partial charge in [-0.05, 0) is 31.4 Å². The van der Waals surface area contributed by atoms with Crippen molar-refractivity contribution in [2.75, 3.05) is 12.9 Å². The van der Waals surface area contributed by atoms with Crippen molar-refractivity contribution in [3.63, 3.8) is 0 Å². The van der Waals surface area contributed by atoms with Crippen molar-refractivity contribution >= 4 is 45.0 Å². The molecule has 0 heterocycles. The lowest BCUT2D eigenvalue weighted by Crippen LogP contribution is -2.41. The largest absolute Gasteiger partial charge is 0.395 e. The van der Waals surface area contributed by atoms with E-state index in [-0.39, 0.29) is 26.8 Å². The molecule has 1 aromatic carbocycles. The number of thioether (sulfide) groups is 1. The van der Waals surface area contributed by atoms with E-state index in [1.807, 2.05) is 6.26 Å². The van der Waals surface area contributed by atoms with Crippen molar-refractivity contribution in [3.8, 4) is 0 Å². The van der Waals surface area contributed by atoms with Crippen molar-refractivity contribution in [2.24, 2.45) is 0 Å². The third-order valence-corrected chi connectivity index (χ3v) is 5.67. The Morgan fingerprint density at radius 1 is 1.32 bits per heavy atom. The van der Waals surface area contributed by atoms with Crippen LogP contribution < -0.4 is 4.72 Å². The third-order valence-electron chi connectivity index (χ3n) is 2.53. The highest BCUT2D eigenvalue weighted by Gasteiger charge is 2.23. The molecule has 1 rings (SSSR count). The average molecular weight is 344 g/mol. The summed E-state index contributed by atoms with van der Waals surface area (Å²) >= 11 is 13.0. The van der Waals surface area contributed by atoms with Gasteiger partial charge in [0.1, 0.15) is 0 Å². The van der Waals surface area contributed by atoms with Gasteiger partial charge in [0, 0.05) is 21.3 Å². The van der Waals surface area contributed by atoms with Gasteiger partial charge in [-0.15, -0.1) is 0 Å². The highest BCUT2D eigenvalue weighted by atomic mass is 35.5. The molecule has 2 atom stereocenters. The van der Waals surface area contributed by atoms with Gasteiger partial charge in [-0.2, -0.15) is 11.8 Å². The number of aliphatic hydroxyl groups excluding tert-OH is 1. The number of rotatable bonds is 6. The van der Waals surface area contributed by atoms with Crippen molar-refractivity contribution in [1.82, 2.24) is 4.72 Å². The molecule has 108 valence electrons. The number of hydrogen-bond acceptors (Lipinski definition) is 4. The first kappa shape index (κ1) is 17.1. The number of benzene rings is 1. The minimum absolute atomic E-state index is 0.00893. The van der Waals surface area contributed by atoms with Crippen LogP contribution >= 0.6 is 35.0 Å². The molecule has 19 heavy (non-hydrogen) atoms. The topological polar surface area (TPSA) is 66.4 Å². The first-order valence-corrected chi connectivity index (χ1v) is 8.95. The lowest BCUT2D eigenvalue weighted by molar-refractivity contribution is 0.282. The van der Waals surface area contributed by atoms with Crippen LogP contribution in [-0.2, 0) is 10.0 Å². The molecule has 0 bridgehead atoms. The molecule has 0 aromatic heterocycles. The number of nitrogens with one attached hydrogen (secondary N) is 1. The maximum absolute atomic E-state index is 12.2. The lowest BCUT2D eigenvalue weighted by atomic mass is 10.3. The van der Waals surface area contributed by atoms with Gasteiger partial charge in [0.2, 0.25) is 10.0 Å². The Morgan fingerprint density at radius 3 is 2.26 bits per heavy atom. The Hall–Kier alpha value is 0.0200. The maximum Gasteiger partial charge on any atom is 0.240 e. The maximum atomic E-state index is 12.2. The zero-order valence-electron chi connectivity index (χ0n) is 10.4. The summed E-state index contributed by atoms with van der Waals surface area (Å²) in [5.74, 6) is 0. The fourth-order valence-electron chi connectivity index (χ4n) is 1.51. The quantitative estimate of drug-likeness (QED) is 0.832. The van der Waals surface area contributed by atoms with E-state index in [0.717, 1.165) is 0 Å². The van der Waals surface area contributed by atoms with Crippen molar-refractivity contribution in [3.05, 3.63) is 28.2 Å². The van der Waals surface area contributed by atoms with Gasteiger partial charge in [-0.25, -0.2) is 13.1 Å². The van der Waals surface area contributed by atoms with E-state index in [4.69, 9.17) is 28.3 Å². The van der Waals surface area contributed by atoms with Gasteiger partial charge in [0.15, 0.2) is 0 Å². The van der Waals surface area contributed by atoms with Gasteiger partial charge >= 0.3 is 0 Å². The van der Waals surface area contributed by atoms with E-state index in [9.17, 15) is 8.42 Å². The van der Waals surface area contributed by atoms with Crippen LogP contribution in [0.15, 0.2) is 23.1 Å². The summed E-state index contributed by atoms with van der Waals surface area (Å²) < 4.78 is 26.8. The van der Waals surface area contributed by atoms with E-state index in [2.05, 4.69) is 4.72 Å². The van der Waals surface area contributed by atoms with Gasteiger partial charge in [-0.1, -0.05) is 23.2 Å².